The van der Waals surface area contributed by atoms with E-state index in [1.165, 1.54) is 5.56 Å². The summed E-state index contributed by atoms with van der Waals surface area (Å²) in [5.74, 6) is 0.532. The molecule has 0 aliphatic carbocycles. The maximum atomic E-state index is 4.43. The number of rotatable bonds is 4. The summed E-state index contributed by atoms with van der Waals surface area (Å²) in [5, 5.41) is 2.03. The summed E-state index contributed by atoms with van der Waals surface area (Å²) < 4.78 is 0. The van der Waals surface area contributed by atoms with Crippen LogP contribution in [0.15, 0.2) is 52.8 Å². The van der Waals surface area contributed by atoms with Gasteiger partial charge in [-0.2, -0.15) is 0 Å². The molecule has 2 aromatic heterocycles. The van der Waals surface area contributed by atoms with Gasteiger partial charge in [0, 0.05) is 12.4 Å². The van der Waals surface area contributed by atoms with Crippen LogP contribution in [0.25, 0.3) is 0 Å². The fourth-order valence-electron chi connectivity index (χ4n) is 1.26. The molecular formula is C13H14N2S2. The van der Waals surface area contributed by atoms with Crippen molar-refractivity contribution in [3.8, 4) is 0 Å². The van der Waals surface area contributed by atoms with Crippen LogP contribution in [0.3, 0.4) is 0 Å². The lowest BCUT2D eigenvalue weighted by Gasteiger charge is -2.05. The van der Waals surface area contributed by atoms with E-state index in [4.69, 9.17) is 0 Å². The van der Waals surface area contributed by atoms with Gasteiger partial charge >= 0.3 is 0 Å². The predicted molar refractivity (Wildman–Crippen MR) is 74.3 cm³/mol. The van der Waals surface area contributed by atoms with Crippen LogP contribution in [-0.2, 0) is 0 Å². The molecule has 2 nitrogen and oxygen atoms in total. The van der Waals surface area contributed by atoms with Crippen molar-refractivity contribution in [1.82, 2.24) is 9.97 Å². The molecule has 2 aromatic rings. The minimum Gasteiger partial charge on any atom is -0.249 e. The Morgan fingerprint density at radius 2 is 1.71 bits per heavy atom. The topological polar surface area (TPSA) is 25.8 Å². The zero-order valence-corrected chi connectivity index (χ0v) is 11.5. The molecule has 0 saturated heterocycles. The lowest BCUT2D eigenvalue weighted by atomic mass is 10.1. The molecule has 0 spiro atoms. The van der Waals surface area contributed by atoms with Gasteiger partial charge in [-0.15, -0.1) is 0 Å². The Kier molecular flexibility index (Phi) is 4.45. The number of aromatic nitrogens is 2. The van der Waals surface area contributed by atoms with Gasteiger partial charge in [0.1, 0.15) is 10.1 Å². The molecule has 0 unspecified atom stereocenters. The van der Waals surface area contributed by atoms with E-state index in [0.29, 0.717) is 5.92 Å². The summed E-state index contributed by atoms with van der Waals surface area (Å²) >= 11 is 0. The molecule has 4 heteroatoms. The van der Waals surface area contributed by atoms with Crippen LogP contribution in [0.4, 0.5) is 0 Å². The van der Waals surface area contributed by atoms with Crippen molar-refractivity contribution in [2.75, 3.05) is 0 Å². The summed E-state index contributed by atoms with van der Waals surface area (Å²) in [6.45, 7) is 4.35. The van der Waals surface area contributed by atoms with Crippen LogP contribution in [0.2, 0.25) is 0 Å². The largest absolute Gasteiger partial charge is 0.249 e. The van der Waals surface area contributed by atoms with Gasteiger partial charge in [-0.25, -0.2) is 9.97 Å². The Labute approximate surface area is 110 Å². The zero-order chi connectivity index (χ0) is 12.1. The second-order valence-corrected chi connectivity index (χ2v) is 6.09. The van der Waals surface area contributed by atoms with Gasteiger partial charge in [-0.1, -0.05) is 26.0 Å². The van der Waals surface area contributed by atoms with Crippen LogP contribution < -0.4 is 0 Å². The Hall–Kier alpha value is -1.00. The van der Waals surface area contributed by atoms with Crippen LogP contribution in [0, 0.1) is 0 Å². The molecule has 0 aromatic carbocycles. The Morgan fingerprint density at radius 1 is 0.941 bits per heavy atom. The lowest BCUT2D eigenvalue weighted by Crippen LogP contribution is -1.88. The Morgan fingerprint density at radius 3 is 2.24 bits per heavy atom. The van der Waals surface area contributed by atoms with Gasteiger partial charge < -0.3 is 0 Å². The summed E-state index contributed by atoms with van der Waals surface area (Å²) in [5.41, 5.74) is 1.28. The fourth-order valence-corrected chi connectivity index (χ4v) is 3.00. The predicted octanol–water partition coefficient (Wildman–Crippen LogP) is 4.40. The van der Waals surface area contributed by atoms with Gasteiger partial charge in [-0.3, -0.25) is 0 Å². The van der Waals surface area contributed by atoms with Crippen molar-refractivity contribution in [3.63, 3.8) is 0 Å². The minimum absolute atomic E-state index is 0.532. The van der Waals surface area contributed by atoms with Crippen molar-refractivity contribution >= 4 is 21.6 Å². The Balaban J connectivity index is 1.96. The molecule has 0 aliphatic heterocycles. The molecule has 0 N–H and O–H groups in total. The highest BCUT2D eigenvalue weighted by atomic mass is 33.1. The third-order valence-electron chi connectivity index (χ3n) is 2.28. The average molecular weight is 262 g/mol. The molecule has 88 valence electrons. The highest BCUT2D eigenvalue weighted by Crippen LogP contribution is 2.34. The maximum Gasteiger partial charge on any atom is 0.107 e. The smallest absolute Gasteiger partial charge is 0.107 e. The van der Waals surface area contributed by atoms with Gasteiger partial charge in [0.2, 0.25) is 0 Å². The first kappa shape index (κ1) is 12.5. The van der Waals surface area contributed by atoms with Gasteiger partial charge in [-0.05, 0) is 51.3 Å². The molecule has 17 heavy (non-hydrogen) atoms. The standard InChI is InChI=1S/C13H14N2S2/c1-10(2)11-6-7-13(15-9-11)17-16-12-5-3-4-8-14-12/h3-10H,1-2H3. The molecule has 0 amide bonds. The first-order chi connectivity index (χ1) is 8.25. The van der Waals surface area contributed by atoms with E-state index in [1.807, 2.05) is 24.4 Å². The van der Waals surface area contributed by atoms with E-state index >= 15 is 0 Å². The SMILES string of the molecule is CC(C)c1ccc(SSc2ccccn2)nc1. The van der Waals surface area contributed by atoms with E-state index in [9.17, 15) is 0 Å². The second kappa shape index (κ2) is 6.07. The van der Waals surface area contributed by atoms with E-state index in [2.05, 4.69) is 35.9 Å². The normalized spacial score (nSPS) is 10.8. The van der Waals surface area contributed by atoms with Crippen LogP contribution in [-0.4, -0.2) is 9.97 Å². The third-order valence-corrected chi connectivity index (χ3v) is 4.46. The highest BCUT2D eigenvalue weighted by molar-refractivity contribution is 8.76. The van der Waals surface area contributed by atoms with Gasteiger partial charge in [0.05, 0.1) is 0 Å². The molecule has 2 heterocycles. The van der Waals surface area contributed by atoms with Crippen LogP contribution in [0.1, 0.15) is 25.3 Å². The molecule has 0 bridgehead atoms. The van der Waals surface area contributed by atoms with Crippen molar-refractivity contribution < 1.29 is 0 Å². The van der Waals surface area contributed by atoms with Crippen molar-refractivity contribution in [1.29, 1.82) is 0 Å². The minimum atomic E-state index is 0.532. The number of hydrogen-bond acceptors (Lipinski definition) is 4. The summed E-state index contributed by atoms with van der Waals surface area (Å²) in [6.07, 6.45) is 3.75. The van der Waals surface area contributed by atoms with Crippen molar-refractivity contribution in [2.24, 2.45) is 0 Å². The quantitative estimate of drug-likeness (QED) is 0.763. The van der Waals surface area contributed by atoms with Crippen molar-refractivity contribution in [2.45, 2.75) is 29.8 Å². The first-order valence-corrected chi connectivity index (χ1v) is 7.62. The van der Waals surface area contributed by atoms with Crippen molar-refractivity contribution in [3.05, 3.63) is 48.3 Å². The third kappa shape index (κ3) is 3.75. The molecular weight excluding hydrogens is 248 g/mol. The summed E-state index contributed by atoms with van der Waals surface area (Å²) in [7, 11) is 3.27. The maximum absolute atomic E-state index is 4.43. The van der Waals surface area contributed by atoms with Gasteiger partial charge in [0.15, 0.2) is 0 Å². The lowest BCUT2D eigenvalue weighted by molar-refractivity contribution is 0.851. The van der Waals surface area contributed by atoms with Gasteiger partial charge in [0.25, 0.3) is 0 Å². The second-order valence-electron chi connectivity index (χ2n) is 3.92. The highest BCUT2D eigenvalue weighted by Gasteiger charge is 2.02. The fraction of sp³-hybridized carbons (Fsp3) is 0.231. The number of pyridine rings is 2. The van der Waals surface area contributed by atoms with E-state index in [-0.39, 0.29) is 0 Å². The number of hydrogen-bond donors (Lipinski definition) is 0. The average Bonchev–Trinajstić information content (AvgIpc) is 2.38. The van der Waals surface area contributed by atoms with E-state index < -0.39 is 0 Å². The molecule has 0 radical (unpaired) electrons. The van der Waals surface area contributed by atoms with Crippen LogP contribution >= 0.6 is 21.6 Å². The summed E-state index contributed by atoms with van der Waals surface area (Å²) in [4.78, 5) is 8.68. The van der Waals surface area contributed by atoms with E-state index in [0.717, 1.165) is 10.1 Å². The molecule has 0 saturated carbocycles. The Bertz CT molecular complexity index is 455. The first-order valence-electron chi connectivity index (χ1n) is 5.47. The van der Waals surface area contributed by atoms with Crippen LogP contribution in [0.5, 0.6) is 0 Å². The molecule has 2 rings (SSSR count). The zero-order valence-electron chi connectivity index (χ0n) is 9.83. The monoisotopic (exact) mass is 262 g/mol. The van der Waals surface area contributed by atoms with E-state index in [1.54, 1.807) is 27.8 Å². The number of nitrogens with zero attached hydrogens (tertiary/aromatic N) is 2. The molecule has 0 fully saturated rings. The molecule has 0 aliphatic rings. The molecule has 0 atom stereocenters. The summed E-state index contributed by atoms with van der Waals surface area (Å²) in [6, 6.07) is 10.1.